The van der Waals surface area contributed by atoms with Crippen molar-refractivity contribution in [2.24, 2.45) is 0 Å². The molecular weight excluding hydrogens is 259 g/mol. The van der Waals surface area contributed by atoms with Crippen LogP contribution in [-0.4, -0.2) is 44.3 Å². The summed E-state index contributed by atoms with van der Waals surface area (Å²) in [7, 11) is 1.37. The van der Waals surface area contributed by atoms with Gasteiger partial charge in [0.2, 0.25) is 0 Å². The number of carbonyl (C=O) groups is 1. The van der Waals surface area contributed by atoms with Crippen LogP contribution in [0.5, 0.6) is 0 Å². The molecule has 1 aromatic rings. The number of nitrogens with zero attached hydrogens (tertiary/aromatic N) is 2. The fraction of sp³-hybridized carbons (Fsp3) is 0.417. The van der Waals surface area contributed by atoms with Crippen molar-refractivity contribution in [3.63, 3.8) is 0 Å². The average Bonchev–Trinajstić information content (AvgIpc) is 2.41. The quantitative estimate of drug-likeness (QED) is 0.787. The van der Waals surface area contributed by atoms with E-state index in [0.717, 1.165) is 5.69 Å². The van der Waals surface area contributed by atoms with Crippen molar-refractivity contribution in [1.29, 1.82) is 0 Å². The van der Waals surface area contributed by atoms with E-state index in [1.165, 1.54) is 13.2 Å². The van der Waals surface area contributed by atoms with Crippen molar-refractivity contribution >= 4 is 23.4 Å². The van der Waals surface area contributed by atoms with Crippen LogP contribution in [0.1, 0.15) is 0 Å². The van der Waals surface area contributed by atoms with E-state index in [0.29, 0.717) is 26.2 Å². The Morgan fingerprint density at radius 1 is 1.33 bits per heavy atom. The molecule has 0 spiro atoms. The SMILES string of the molecule is COC(=O)N1CCN(c2ccc(F)c(Cl)c2)CC1. The van der Waals surface area contributed by atoms with Crippen LogP contribution in [0.4, 0.5) is 14.9 Å². The summed E-state index contributed by atoms with van der Waals surface area (Å²) in [6.45, 7) is 2.53. The van der Waals surface area contributed by atoms with Crippen LogP contribution >= 0.6 is 11.6 Å². The molecule has 0 bridgehead atoms. The zero-order valence-corrected chi connectivity index (χ0v) is 10.8. The number of carbonyl (C=O) groups excluding carboxylic acids is 1. The van der Waals surface area contributed by atoms with Gasteiger partial charge in [0.05, 0.1) is 12.1 Å². The fourth-order valence-electron chi connectivity index (χ4n) is 1.96. The number of piperazine rings is 1. The highest BCUT2D eigenvalue weighted by molar-refractivity contribution is 6.31. The zero-order chi connectivity index (χ0) is 13.1. The molecule has 0 unspecified atom stereocenters. The van der Waals surface area contributed by atoms with Gasteiger partial charge in [0.15, 0.2) is 0 Å². The van der Waals surface area contributed by atoms with E-state index in [1.54, 1.807) is 17.0 Å². The van der Waals surface area contributed by atoms with Crippen molar-refractivity contribution in [1.82, 2.24) is 4.90 Å². The number of rotatable bonds is 1. The van der Waals surface area contributed by atoms with E-state index in [9.17, 15) is 9.18 Å². The molecule has 2 rings (SSSR count). The summed E-state index contributed by atoms with van der Waals surface area (Å²) in [5.74, 6) is -0.423. The maximum absolute atomic E-state index is 13.1. The minimum absolute atomic E-state index is 0.114. The number of halogens is 2. The lowest BCUT2D eigenvalue weighted by molar-refractivity contribution is 0.121. The third-order valence-electron chi connectivity index (χ3n) is 2.98. The van der Waals surface area contributed by atoms with E-state index in [4.69, 9.17) is 11.6 Å². The van der Waals surface area contributed by atoms with Crippen LogP contribution in [-0.2, 0) is 4.74 Å². The van der Waals surface area contributed by atoms with Gasteiger partial charge >= 0.3 is 6.09 Å². The normalized spacial score (nSPS) is 15.7. The van der Waals surface area contributed by atoms with Crippen LogP contribution in [0, 0.1) is 5.82 Å². The average molecular weight is 273 g/mol. The highest BCUT2D eigenvalue weighted by Gasteiger charge is 2.21. The first-order valence-electron chi connectivity index (χ1n) is 5.64. The Kier molecular flexibility index (Phi) is 3.91. The topological polar surface area (TPSA) is 32.8 Å². The highest BCUT2D eigenvalue weighted by atomic mass is 35.5. The van der Waals surface area contributed by atoms with Gasteiger partial charge in [-0.15, -0.1) is 0 Å². The summed E-state index contributed by atoms with van der Waals surface area (Å²) in [4.78, 5) is 15.0. The summed E-state index contributed by atoms with van der Waals surface area (Å²) in [5.41, 5.74) is 0.867. The molecule has 0 radical (unpaired) electrons. The molecule has 1 fully saturated rings. The van der Waals surface area contributed by atoms with Gasteiger partial charge in [-0.25, -0.2) is 9.18 Å². The Morgan fingerprint density at radius 2 is 2.00 bits per heavy atom. The molecule has 6 heteroatoms. The maximum atomic E-state index is 13.1. The van der Waals surface area contributed by atoms with E-state index in [1.807, 2.05) is 0 Å². The molecule has 1 amide bonds. The summed E-state index contributed by atoms with van der Waals surface area (Å²) in [6, 6.07) is 4.64. The molecule has 0 saturated carbocycles. The fourth-order valence-corrected chi connectivity index (χ4v) is 2.13. The molecule has 0 atom stereocenters. The molecule has 0 aliphatic carbocycles. The zero-order valence-electron chi connectivity index (χ0n) is 10.0. The number of benzene rings is 1. The van der Waals surface area contributed by atoms with E-state index in [2.05, 4.69) is 9.64 Å². The number of anilines is 1. The lowest BCUT2D eigenvalue weighted by Crippen LogP contribution is -2.48. The second-order valence-electron chi connectivity index (χ2n) is 4.04. The molecule has 1 heterocycles. The summed E-state index contributed by atoms with van der Waals surface area (Å²) >= 11 is 5.75. The van der Waals surface area contributed by atoms with Gasteiger partial charge in [-0.1, -0.05) is 11.6 Å². The molecule has 1 aliphatic heterocycles. The standard InChI is InChI=1S/C12H14ClFN2O2/c1-18-12(17)16-6-4-15(5-7-16)9-2-3-11(14)10(13)8-9/h2-3,8H,4-7H2,1H3. The van der Waals surface area contributed by atoms with Gasteiger partial charge in [-0.2, -0.15) is 0 Å². The van der Waals surface area contributed by atoms with Gasteiger partial charge < -0.3 is 14.5 Å². The van der Waals surface area contributed by atoms with Crippen LogP contribution < -0.4 is 4.90 Å². The summed E-state index contributed by atoms with van der Waals surface area (Å²) < 4.78 is 17.7. The van der Waals surface area contributed by atoms with Gasteiger partial charge in [-0.3, -0.25) is 0 Å². The molecular formula is C12H14ClFN2O2. The molecule has 98 valence electrons. The van der Waals surface area contributed by atoms with Crippen LogP contribution in [0.3, 0.4) is 0 Å². The third kappa shape index (κ3) is 2.67. The molecule has 1 saturated heterocycles. The largest absolute Gasteiger partial charge is 0.453 e. The Hall–Kier alpha value is -1.49. The molecule has 0 aromatic heterocycles. The van der Waals surface area contributed by atoms with Gasteiger partial charge in [0, 0.05) is 31.9 Å². The Labute approximate surface area is 110 Å². The first-order chi connectivity index (χ1) is 8.61. The molecule has 4 nitrogen and oxygen atoms in total. The van der Waals surface area contributed by atoms with E-state index >= 15 is 0 Å². The predicted molar refractivity (Wildman–Crippen MR) is 67.6 cm³/mol. The number of hydrogen-bond donors (Lipinski definition) is 0. The van der Waals surface area contributed by atoms with E-state index < -0.39 is 5.82 Å². The van der Waals surface area contributed by atoms with Crippen LogP contribution in [0.15, 0.2) is 18.2 Å². The second kappa shape index (κ2) is 5.44. The number of methoxy groups -OCH3 is 1. The Balaban J connectivity index is 2.01. The number of ether oxygens (including phenoxy) is 1. The van der Waals surface area contributed by atoms with Crippen LogP contribution in [0.2, 0.25) is 5.02 Å². The Bertz CT molecular complexity index is 448. The number of hydrogen-bond acceptors (Lipinski definition) is 3. The predicted octanol–water partition coefficient (Wildman–Crippen LogP) is 2.37. The maximum Gasteiger partial charge on any atom is 0.409 e. The minimum atomic E-state index is -0.423. The Morgan fingerprint density at radius 3 is 2.56 bits per heavy atom. The van der Waals surface area contributed by atoms with E-state index in [-0.39, 0.29) is 11.1 Å². The molecule has 0 N–H and O–H groups in total. The summed E-state index contributed by atoms with van der Waals surface area (Å²) in [6.07, 6.45) is -0.313. The molecule has 1 aromatic carbocycles. The third-order valence-corrected chi connectivity index (χ3v) is 3.27. The highest BCUT2D eigenvalue weighted by Crippen LogP contribution is 2.23. The minimum Gasteiger partial charge on any atom is -0.453 e. The lowest BCUT2D eigenvalue weighted by Gasteiger charge is -2.35. The van der Waals surface area contributed by atoms with Crippen molar-refractivity contribution in [3.8, 4) is 0 Å². The van der Waals surface area contributed by atoms with Crippen LogP contribution in [0.25, 0.3) is 0 Å². The first kappa shape index (κ1) is 13.0. The number of amides is 1. The molecule has 1 aliphatic rings. The van der Waals surface area contributed by atoms with Gasteiger partial charge in [0.25, 0.3) is 0 Å². The molecule has 18 heavy (non-hydrogen) atoms. The van der Waals surface area contributed by atoms with Crippen molar-refractivity contribution in [2.75, 3.05) is 38.2 Å². The van der Waals surface area contributed by atoms with Crippen molar-refractivity contribution in [2.45, 2.75) is 0 Å². The second-order valence-corrected chi connectivity index (χ2v) is 4.45. The van der Waals surface area contributed by atoms with Gasteiger partial charge in [-0.05, 0) is 18.2 Å². The first-order valence-corrected chi connectivity index (χ1v) is 6.02. The monoisotopic (exact) mass is 272 g/mol. The summed E-state index contributed by atoms with van der Waals surface area (Å²) in [5, 5.41) is 0.114. The van der Waals surface area contributed by atoms with Crippen molar-refractivity contribution in [3.05, 3.63) is 29.0 Å². The smallest absolute Gasteiger partial charge is 0.409 e. The van der Waals surface area contributed by atoms with Gasteiger partial charge in [0.1, 0.15) is 5.82 Å². The lowest BCUT2D eigenvalue weighted by atomic mass is 10.2. The van der Waals surface area contributed by atoms with Crippen molar-refractivity contribution < 1.29 is 13.9 Å².